The number of fused-ring (bicyclic) bond motifs is 2. The summed E-state index contributed by atoms with van der Waals surface area (Å²) in [7, 11) is 2.96. The Morgan fingerprint density at radius 1 is 1.21 bits per heavy atom. The van der Waals surface area contributed by atoms with Crippen LogP contribution in [-0.4, -0.2) is 40.6 Å². The van der Waals surface area contributed by atoms with Gasteiger partial charge in [0.05, 0.1) is 12.9 Å². The Balaban J connectivity index is 1.53. The van der Waals surface area contributed by atoms with Crippen molar-refractivity contribution in [2.45, 2.75) is 13.5 Å². The smallest absolute Gasteiger partial charge is 0.358 e. The van der Waals surface area contributed by atoms with E-state index in [0.717, 1.165) is 10.1 Å². The van der Waals surface area contributed by atoms with Crippen LogP contribution in [0.15, 0.2) is 40.4 Å². The van der Waals surface area contributed by atoms with Crippen LogP contribution >= 0.6 is 0 Å². The SMILES string of the molecule is Cc1ccn2cc(C(=O)OCCn3cnc4c3c(=O)n(C)c(=O)n4C)nc2c1. The molecule has 0 aromatic carbocycles. The van der Waals surface area contributed by atoms with Gasteiger partial charge in [0, 0.05) is 26.5 Å². The van der Waals surface area contributed by atoms with Gasteiger partial charge in [0.2, 0.25) is 0 Å². The summed E-state index contributed by atoms with van der Waals surface area (Å²) in [4.78, 5) is 45.0. The molecule has 0 unspecified atom stereocenters. The first-order valence-corrected chi connectivity index (χ1v) is 8.60. The van der Waals surface area contributed by atoms with Crippen LogP contribution in [0, 0.1) is 6.92 Å². The maximum absolute atomic E-state index is 12.4. The van der Waals surface area contributed by atoms with Gasteiger partial charge in [-0.2, -0.15) is 0 Å². The molecule has 0 radical (unpaired) electrons. The predicted molar refractivity (Wildman–Crippen MR) is 100 cm³/mol. The second-order valence-corrected chi connectivity index (χ2v) is 6.55. The first-order valence-electron chi connectivity index (χ1n) is 8.60. The van der Waals surface area contributed by atoms with Crippen LogP contribution in [0.4, 0.5) is 0 Å². The van der Waals surface area contributed by atoms with Gasteiger partial charge in [0.25, 0.3) is 5.56 Å². The maximum atomic E-state index is 12.4. The molecular formula is C18H18N6O4. The first-order chi connectivity index (χ1) is 13.4. The van der Waals surface area contributed by atoms with Crippen molar-refractivity contribution in [2.75, 3.05) is 6.61 Å². The zero-order valence-corrected chi connectivity index (χ0v) is 15.6. The molecule has 4 aromatic heterocycles. The van der Waals surface area contributed by atoms with E-state index in [1.807, 2.05) is 25.3 Å². The van der Waals surface area contributed by atoms with Crippen LogP contribution in [0.1, 0.15) is 16.1 Å². The number of aryl methyl sites for hydroxylation is 2. The third-order valence-corrected chi connectivity index (χ3v) is 4.61. The van der Waals surface area contributed by atoms with E-state index >= 15 is 0 Å². The van der Waals surface area contributed by atoms with Crippen LogP contribution in [0.2, 0.25) is 0 Å². The van der Waals surface area contributed by atoms with Crippen molar-refractivity contribution in [1.82, 2.24) is 28.1 Å². The number of esters is 1. The molecule has 0 fully saturated rings. The van der Waals surface area contributed by atoms with Gasteiger partial charge in [-0.05, 0) is 24.6 Å². The van der Waals surface area contributed by atoms with Crippen molar-refractivity contribution in [3.63, 3.8) is 0 Å². The van der Waals surface area contributed by atoms with E-state index in [-0.39, 0.29) is 30.0 Å². The summed E-state index contributed by atoms with van der Waals surface area (Å²) in [6.45, 7) is 2.20. The number of hydrogen-bond acceptors (Lipinski definition) is 6. The van der Waals surface area contributed by atoms with Crippen molar-refractivity contribution in [3.8, 4) is 0 Å². The lowest BCUT2D eigenvalue weighted by atomic mass is 10.3. The van der Waals surface area contributed by atoms with Gasteiger partial charge >= 0.3 is 11.7 Å². The average molecular weight is 382 g/mol. The highest BCUT2D eigenvalue weighted by Crippen LogP contribution is 2.09. The van der Waals surface area contributed by atoms with E-state index < -0.39 is 17.2 Å². The fraction of sp³-hybridized carbons (Fsp3) is 0.278. The number of carbonyl (C=O) groups excluding carboxylic acids is 1. The van der Waals surface area contributed by atoms with Crippen molar-refractivity contribution >= 4 is 22.8 Å². The molecule has 144 valence electrons. The third-order valence-electron chi connectivity index (χ3n) is 4.61. The van der Waals surface area contributed by atoms with Crippen molar-refractivity contribution in [2.24, 2.45) is 14.1 Å². The normalized spacial score (nSPS) is 11.4. The topological polar surface area (TPSA) is 105 Å². The maximum Gasteiger partial charge on any atom is 0.358 e. The molecule has 4 heterocycles. The first kappa shape index (κ1) is 17.7. The molecule has 0 bridgehead atoms. The molecule has 10 heteroatoms. The number of nitrogens with zero attached hydrogens (tertiary/aromatic N) is 6. The highest BCUT2D eigenvalue weighted by atomic mass is 16.5. The lowest BCUT2D eigenvalue weighted by Crippen LogP contribution is -2.37. The lowest BCUT2D eigenvalue weighted by molar-refractivity contribution is 0.0486. The van der Waals surface area contributed by atoms with Gasteiger partial charge in [-0.1, -0.05) is 0 Å². The monoisotopic (exact) mass is 382 g/mol. The molecule has 0 aliphatic carbocycles. The lowest BCUT2D eigenvalue weighted by Gasteiger charge is -2.07. The Morgan fingerprint density at radius 2 is 2.00 bits per heavy atom. The Bertz CT molecular complexity index is 1340. The van der Waals surface area contributed by atoms with E-state index in [0.29, 0.717) is 5.65 Å². The van der Waals surface area contributed by atoms with Crippen LogP contribution in [0.25, 0.3) is 16.8 Å². The second kappa shape index (κ2) is 6.48. The van der Waals surface area contributed by atoms with Crippen LogP contribution in [0.5, 0.6) is 0 Å². The molecule has 10 nitrogen and oxygen atoms in total. The summed E-state index contributed by atoms with van der Waals surface area (Å²) in [5.74, 6) is -0.550. The molecule has 0 saturated heterocycles. The van der Waals surface area contributed by atoms with Crippen LogP contribution in [-0.2, 0) is 25.4 Å². The Hall–Kier alpha value is -3.69. The van der Waals surface area contributed by atoms with Gasteiger partial charge in [0.15, 0.2) is 16.9 Å². The number of carbonyl (C=O) groups is 1. The molecule has 4 rings (SSSR count). The second-order valence-electron chi connectivity index (χ2n) is 6.55. The number of ether oxygens (including phenoxy) is 1. The Labute approximate surface area is 158 Å². The average Bonchev–Trinajstić information content (AvgIpc) is 3.28. The molecule has 0 spiro atoms. The van der Waals surface area contributed by atoms with Crippen LogP contribution < -0.4 is 11.2 Å². The van der Waals surface area contributed by atoms with E-state index in [2.05, 4.69) is 9.97 Å². The largest absolute Gasteiger partial charge is 0.459 e. The van der Waals surface area contributed by atoms with Gasteiger partial charge in [-0.25, -0.2) is 19.6 Å². The molecule has 0 aliphatic heterocycles. The number of imidazole rings is 2. The number of rotatable bonds is 4. The summed E-state index contributed by atoms with van der Waals surface area (Å²) in [6, 6.07) is 3.79. The van der Waals surface area contributed by atoms with Crippen molar-refractivity contribution < 1.29 is 9.53 Å². The molecule has 4 aromatic rings. The van der Waals surface area contributed by atoms with Crippen molar-refractivity contribution in [3.05, 3.63) is 62.9 Å². The van der Waals surface area contributed by atoms with Crippen molar-refractivity contribution in [1.29, 1.82) is 0 Å². The minimum absolute atomic E-state index is 0.0309. The van der Waals surface area contributed by atoms with Gasteiger partial charge in [-0.3, -0.25) is 13.9 Å². The summed E-state index contributed by atoms with van der Waals surface area (Å²) >= 11 is 0. The highest BCUT2D eigenvalue weighted by molar-refractivity contribution is 5.88. The van der Waals surface area contributed by atoms with Gasteiger partial charge in [0.1, 0.15) is 12.3 Å². The molecule has 28 heavy (non-hydrogen) atoms. The molecule has 0 saturated carbocycles. The standard InChI is InChI=1S/C18H18N6O4/c1-11-4-5-23-9-12(20-13(23)8-11)17(26)28-7-6-24-10-19-15-14(24)16(25)22(3)18(27)21(15)2/h4-5,8-10H,6-7H2,1-3H3. The number of pyridine rings is 1. The summed E-state index contributed by atoms with van der Waals surface area (Å²) in [6.07, 6.45) is 4.88. The minimum atomic E-state index is -0.550. The Kier molecular flexibility index (Phi) is 4.10. The highest BCUT2D eigenvalue weighted by Gasteiger charge is 2.16. The summed E-state index contributed by atoms with van der Waals surface area (Å²) in [5.41, 5.74) is 1.59. The van der Waals surface area contributed by atoms with E-state index in [1.165, 1.54) is 17.9 Å². The number of hydrogen-bond donors (Lipinski definition) is 0. The van der Waals surface area contributed by atoms with Gasteiger partial charge in [-0.15, -0.1) is 0 Å². The van der Waals surface area contributed by atoms with E-state index in [4.69, 9.17) is 4.74 Å². The molecule has 0 amide bonds. The minimum Gasteiger partial charge on any atom is -0.459 e. The number of aromatic nitrogens is 6. The molecule has 0 atom stereocenters. The fourth-order valence-corrected chi connectivity index (χ4v) is 3.06. The molecule has 0 N–H and O–H groups in total. The fourth-order valence-electron chi connectivity index (χ4n) is 3.06. The molecule has 0 aliphatic rings. The predicted octanol–water partition coefficient (Wildman–Crippen LogP) is 0.247. The zero-order valence-electron chi connectivity index (χ0n) is 15.6. The molecular weight excluding hydrogens is 364 g/mol. The quantitative estimate of drug-likeness (QED) is 0.469. The van der Waals surface area contributed by atoms with Gasteiger partial charge < -0.3 is 13.7 Å². The summed E-state index contributed by atoms with van der Waals surface area (Å²) < 4.78 is 10.9. The third kappa shape index (κ3) is 2.79. The zero-order chi connectivity index (χ0) is 20.0. The Morgan fingerprint density at radius 3 is 2.79 bits per heavy atom. The van der Waals surface area contributed by atoms with E-state index in [1.54, 1.807) is 22.2 Å². The van der Waals surface area contributed by atoms with Crippen LogP contribution in [0.3, 0.4) is 0 Å². The van der Waals surface area contributed by atoms with E-state index in [9.17, 15) is 14.4 Å². The summed E-state index contributed by atoms with van der Waals surface area (Å²) in [5, 5.41) is 0.